The SMILES string of the molecule is CCCOc1ccc(C2=C(N3CCc4ccccc43)C(=O)N(CC(C)C)C2=O)cc1. The molecular weight excluding hydrogens is 376 g/mol. The van der Waals surface area contributed by atoms with Crippen molar-refractivity contribution in [1.82, 2.24) is 4.90 Å². The minimum Gasteiger partial charge on any atom is -0.494 e. The van der Waals surface area contributed by atoms with E-state index in [9.17, 15) is 9.59 Å². The van der Waals surface area contributed by atoms with Crippen LogP contribution in [0.1, 0.15) is 38.3 Å². The summed E-state index contributed by atoms with van der Waals surface area (Å²) in [7, 11) is 0. The van der Waals surface area contributed by atoms with Gasteiger partial charge in [0.05, 0.1) is 12.2 Å². The first-order valence-corrected chi connectivity index (χ1v) is 10.7. The highest BCUT2D eigenvalue weighted by atomic mass is 16.5. The molecular formula is C25H28N2O3. The van der Waals surface area contributed by atoms with Crippen LogP contribution in [-0.2, 0) is 16.0 Å². The maximum atomic E-state index is 13.4. The number of benzene rings is 2. The van der Waals surface area contributed by atoms with Gasteiger partial charge < -0.3 is 9.64 Å². The molecule has 0 bridgehead atoms. The zero-order valence-corrected chi connectivity index (χ0v) is 17.9. The van der Waals surface area contributed by atoms with Gasteiger partial charge in [0.2, 0.25) is 0 Å². The zero-order chi connectivity index (χ0) is 21.3. The van der Waals surface area contributed by atoms with E-state index in [-0.39, 0.29) is 17.7 Å². The lowest BCUT2D eigenvalue weighted by Gasteiger charge is -2.22. The average Bonchev–Trinajstić information content (AvgIpc) is 3.26. The molecule has 0 aliphatic carbocycles. The molecule has 156 valence electrons. The van der Waals surface area contributed by atoms with Crippen molar-refractivity contribution in [3.8, 4) is 5.75 Å². The number of carbonyl (C=O) groups is 2. The molecule has 0 unspecified atom stereocenters. The lowest BCUT2D eigenvalue weighted by atomic mass is 10.0. The van der Waals surface area contributed by atoms with Gasteiger partial charge in [-0.3, -0.25) is 14.5 Å². The van der Waals surface area contributed by atoms with Crippen LogP contribution in [0.2, 0.25) is 0 Å². The van der Waals surface area contributed by atoms with Crippen molar-refractivity contribution in [3.05, 3.63) is 65.4 Å². The Balaban J connectivity index is 1.78. The van der Waals surface area contributed by atoms with Gasteiger partial charge in [0.15, 0.2) is 0 Å². The van der Waals surface area contributed by atoms with Crippen molar-refractivity contribution in [3.63, 3.8) is 0 Å². The molecule has 0 radical (unpaired) electrons. The van der Waals surface area contributed by atoms with Gasteiger partial charge in [-0.1, -0.05) is 51.1 Å². The highest BCUT2D eigenvalue weighted by Gasteiger charge is 2.43. The van der Waals surface area contributed by atoms with E-state index < -0.39 is 0 Å². The molecule has 2 heterocycles. The molecule has 0 aromatic heterocycles. The Labute approximate surface area is 177 Å². The largest absolute Gasteiger partial charge is 0.494 e. The topological polar surface area (TPSA) is 49.9 Å². The fourth-order valence-electron chi connectivity index (χ4n) is 4.11. The first-order valence-electron chi connectivity index (χ1n) is 10.7. The highest BCUT2D eigenvalue weighted by Crippen LogP contribution is 2.39. The molecule has 30 heavy (non-hydrogen) atoms. The Morgan fingerprint density at radius 1 is 1.00 bits per heavy atom. The van der Waals surface area contributed by atoms with E-state index >= 15 is 0 Å². The third-order valence-electron chi connectivity index (χ3n) is 5.46. The number of fused-ring (bicyclic) bond motifs is 1. The molecule has 0 fully saturated rings. The molecule has 2 aromatic rings. The molecule has 2 amide bonds. The van der Waals surface area contributed by atoms with Crippen LogP contribution in [0.5, 0.6) is 5.75 Å². The van der Waals surface area contributed by atoms with Crippen LogP contribution in [0.25, 0.3) is 5.57 Å². The summed E-state index contributed by atoms with van der Waals surface area (Å²) in [5.74, 6) is 0.557. The van der Waals surface area contributed by atoms with Crippen LogP contribution >= 0.6 is 0 Å². The number of imide groups is 1. The monoisotopic (exact) mass is 404 g/mol. The minimum absolute atomic E-state index is 0.202. The third-order valence-corrected chi connectivity index (χ3v) is 5.46. The molecule has 0 atom stereocenters. The molecule has 2 aliphatic rings. The Kier molecular flexibility index (Phi) is 5.62. The van der Waals surface area contributed by atoms with E-state index in [1.165, 1.54) is 10.5 Å². The molecule has 5 nitrogen and oxygen atoms in total. The van der Waals surface area contributed by atoms with E-state index in [1.54, 1.807) is 0 Å². The number of nitrogens with zero attached hydrogens (tertiary/aromatic N) is 2. The summed E-state index contributed by atoms with van der Waals surface area (Å²) in [4.78, 5) is 30.2. The molecule has 2 aliphatic heterocycles. The smallest absolute Gasteiger partial charge is 0.278 e. The Hall–Kier alpha value is -3.08. The Morgan fingerprint density at radius 2 is 1.73 bits per heavy atom. The Bertz CT molecular complexity index is 992. The summed E-state index contributed by atoms with van der Waals surface area (Å²) in [6.45, 7) is 7.86. The molecule has 0 N–H and O–H groups in total. The van der Waals surface area contributed by atoms with Gasteiger partial charge in [-0.15, -0.1) is 0 Å². The summed E-state index contributed by atoms with van der Waals surface area (Å²) in [6, 6.07) is 15.6. The summed E-state index contributed by atoms with van der Waals surface area (Å²) < 4.78 is 5.68. The third kappa shape index (κ3) is 3.60. The summed E-state index contributed by atoms with van der Waals surface area (Å²) in [6.07, 6.45) is 1.80. The molecule has 2 aromatic carbocycles. The van der Waals surface area contributed by atoms with Gasteiger partial charge in [0, 0.05) is 18.8 Å². The number of hydrogen-bond donors (Lipinski definition) is 0. The number of amides is 2. The molecule has 5 heteroatoms. The van der Waals surface area contributed by atoms with Crippen molar-refractivity contribution in [2.24, 2.45) is 5.92 Å². The van der Waals surface area contributed by atoms with E-state index in [0.29, 0.717) is 31.0 Å². The number of rotatable bonds is 7. The maximum absolute atomic E-state index is 13.4. The number of anilines is 1. The fraction of sp³-hybridized carbons (Fsp3) is 0.360. The van der Waals surface area contributed by atoms with Crippen LogP contribution < -0.4 is 9.64 Å². The fourth-order valence-corrected chi connectivity index (χ4v) is 4.11. The Morgan fingerprint density at radius 3 is 2.43 bits per heavy atom. The first-order chi connectivity index (χ1) is 14.5. The predicted molar refractivity (Wildman–Crippen MR) is 118 cm³/mol. The van der Waals surface area contributed by atoms with Crippen molar-refractivity contribution in [2.45, 2.75) is 33.6 Å². The second kappa shape index (κ2) is 8.34. The maximum Gasteiger partial charge on any atom is 0.278 e. The van der Waals surface area contributed by atoms with Crippen LogP contribution in [0.3, 0.4) is 0 Å². The van der Waals surface area contributed by atoms with Crippen molar-refractivity contribution >= 4 is 23.1 Å². The van der Waals surface area contributed by atoms with Gasteiger partial charge in [-0.05, 0) is 48.1 Å². The average molecular weight is 405 g/mol. The van der Waals surface area contributed by atoms with E-state index in [1.807, 2.05) is 61.2 Å². The lowest BCUT2D eigenvalue weighted by molar-refractivity contribution is -0.137. The molecule has 0 spiro atoms. The van der Waals surface area contributed by atoms with Gasteiger partial charge in [-0.25, -0.2) is 0 Å². The number of para-hydroxylation sites is 1. The zero-order valence-electron chi connectivity index (χ0n) is 17.9. The summed E-state index contributed by atoms with van der Waals surface area (Å²) in [5, 5.41) is 0. The van der Waals surface area contributed by atoms with Crippen molar-refractivity contribution in [1.29, 1.82) is 0 Å². The van der Waals surface area contributed by atoms with E-state index in [4.69, 9.17) is 4.74 Å². The quantitative estimate of drug-likeness (QED) is 0.647. The number of hydrogen-bond acceptors (Lipinski definition) is 4. The molecule has 4 rings (SSSR count). The predicted octanol–water partition coefficient (Wildman–Crippen LogP) is 4.27. The lowest BCUT2D eigenvalue weighted by Crippen LogP contribution is -2.37. The normalized spacial score (nSPS) is 16.1. The van der Waals surface area contributed by atoms with Gasteiger partial charge in [0.25, 0.3) is 11.8 Å². The first kappa shape index (κ1) is 20.2. The van der Waals surface area contributed by atoms with Gasteiger partial charge >= 0.3 is 0 Å². The van der Waals surface area contributed by atoms with E-state index in [0.717, 1.165) is 29.8 Å². The molecule has 0 saturated carbocycles. The van der Waals surface area contributed by atoms with Crippen molar-refractivity contribution in [2.75, 3.05) is 24.6 Å². The second-order valence-electron chi connectivity index (χ2n) is 8.24. The van der Waals surface area contributed by atoms with E-state index in [2.05, 4.69) is 13.0 Å². The summed E-state index contributed by atoms with van der Waals surface area (Å²) in [5.41, 5.74) is 3.95. The van der Waals surface area contributed by atoms with Gasteiger partial charge in [0.1, 0.15) is 11.4 Å². The number of ether oxygens (including phenoxy) is 1. The second-order valence-corrected chi connectivity index (χ2v) is 8.24. The van der Waals surface area contributed by atoms with Crippen LogP contribution in [0, 0.1) is 5.92 Å². The number of carbonyl (C=O) groups excluding carboxylic acids is 2. The van der Waals surface area contributed by atoms with Crippen LogP contribution in [0.15, 0.2) is 54.2 Å². The standard InChI is InChI=1S/C25H28N2O3/c1-4-15-30-20-11-9-19(10-12-20)22-23(25(29)27(24(22)28)16-17(2)3)26-14-13-18-7-5-6-8-21(18)26/h5-12,17H,4,13-16H2,1-3H3. The molecule has 0 saturated heterocycles. The summed E-state index contributed by atoms with van der Waals surface area (Å²) >= 11 is 0. The van der Waals surface area contributed by atoms with Crippen LogP contribution in [0.4, 0.5) is 5.69 Å². The van der Waals surface area contributed by atoms with Crippen molar-refractivity contribution < 1.29 is 14.3 Å². The van der Waals surface area contributed by atoms with Crippen LogP contribution in [-0.4, -0.2) is 36.4 Å². The minimum atomic E-state index is -0.213. The highest BCUT2D eigenvalue weighted by molar-refractivity contribution is 6.36. The van der Waals surface area contributed by atoms with Gasteiger partial charge in [-0.2, -0.15) is 0 Å².